The number of halogens is 2. The summed E-state index contributed by atoms with van der Waals surface area (Å²) in [6.45, 7) is -0.223. The standard InChI is InChI=1S/C20H21F2N3O2/c1-26-13-8-12(9-13)19-24-16-10-23-15-5-3-2-4-14(15)18(16)25(19)17-6-7-27-11-20(17,21)22/h2-5,10,12-13,17H,6-9,11H2,1H3/t12-,13-,17?. The molecular formula is C20H21F2N3O2. The highest BCUT2D eigenvalue weighted by Gasteiger charge is 2.47. The first-order valence-electron chi connectivity index (χ1n) is 9.32. The van der Waals surface area contributed by atoms with Crippen molar-refractivity contribution in [1.29, 1.82) is 0 Å². The third-order valence-corrected chi connectivity index (χ3v) is 5.87. The van der Waals surface area contributed by atoms with E-state index in [1.165, 1.54) is 0 Å². The van der Waals surface area contributed by atoms with Crippen LogP contribution in [0.2, 0.25) is 0 Å². The van der Waals surface area contributed by atoms with Crippen LogP contribution in [0, 0.1) is 0 Å². The fourth-order valence-electron chi connectivity index (χ4n) is 4.34. The van der Waals surface area contributed by atoms with E-state index in [0.29, 0.717) is 12.1 Å². The molecule has 1 aliphatic carbocycles. The molecular weight excluding hydrogens is 352 g/mol. The summed E-state index contributed by atoms with van der Waals surface area (Å²) >= 11 is 0. The monoisotopic (exact) mass is 373 g/mol. The van der Waals surface area contributed by atoms with E-state index in [2.05, 4.69) is 4.98 Å². The Hall–Kier alpha value is -2.12. The quantitative estimate of drug-likeness (QED) is 0.694. The van der Waals surface area contributed by atoms with Crippen molar-refractivity contribution in [1.82, 2.24) is 14.5 Å². The largest absolute Gasteiger partial charge is 0.381 e. The highest BCUT2D eigenvalue weighted by Crippen LogP contribution is 2.45. The van der Waals surface area contributed by atoms with Crippen LogP contribution in [0.5, 0.6) is 0 Å². The zero-order chi connectivity index (χ0) is 18.6. The molecule has 0 N–H and O–H groups in total. The van der Waals surface area contributed by atoms with Gasteiger partial charge < -0.3 is 14.0 Å². The van der Waals surface area contributed by atoms with E-state index in [4.69, 9.17) is 14.5 Å². The van der Waals surface area contributed by atoms with E-state index >= 15 is 0 Å². The van der Waals surface area contributed by atoms with Crippen molar-refractivity contribution in [3.05, 3.63) is 36.3 Å². The van der Waals surface area contributed by atoms with Crippen molar-refractivity contribution in [2.75, 3.05) is 20.3 Å². The number of fused-ring (bicyclic) bond motifs is 3. The Kier molecular flexibility index (Phi) is 3.91. The molecule has 27 heavy (non-hydrogen) atoms. The normalized spacial score (nSPS) is 27.7. The minimum Gasteiger partial charge on any atom is -0.381 e. The van der Waals surface area contributed by atoms with Crippen LogP contribution in [-0.4, -0.2) is 46.9 Å². The van der Waals surface area contributed by atoms with Gasteiger partial charge in [0.15, 0.2) is 0 Å². The Labute approximate surface area is 155 Å². The summed E-state index contributed by atoms with van der Waals surface area (Å²) in [6, 6.07) is 6.69. The van der Waals surface area contributed by atoms with Gasteiger partial charge in [0.25, 0.3) is 5.92 Å². The summed E-state index contributed by atoms with van der Waals surface area (Å²) in [5.41, 5.74) is 2.21. The van der Waals surface area contributed by atoms with Crippen LogP contribution in [0.15, 0.2) is 30.5 Å². The fourth-order valence-corrected chi connectivity index (χ4v) is 4.34. The summed E-state index contributed by atoms with van der Waals surface area (Å²) in [7, 11) is 1.69. The van der Waals surface area contributed by atoms with Crippen LogP contribution in [0.25, 0.3) is 21.9 Å². The number of methoxy groups -OCH3 is 1. The minimum absolute atomic E-state index is 0.125. The summed E-state index contributed by atoms with van der Waals surface area (Å²) in [4.78, 5) is 9.23. The number of para-hydroxylation sites is 1. The van der Waals surface area contributed by atoms with Crippen LogP contribution in [0.1, 0.15) is 37.0 Å². The lowest BCUT2D eigenvalue weighted by Gasteiger charge is -2.38. The van der Waals surface area contributed by atoms with Crippen LogP contribution in [0.3, 0.4) is 0 Å². The average molecular weight is 373 g/mol. The predicted molar refractivity (Wildman–Crippen MR) is 97.2 cm³/mol. The fraction of sp³-hybridized carbons (Fsp3) is 0.500. The van der Waals surface area contributed by atoms with Crippen molar-refractivity contribution >= 4 is 21.9 Å². The lowest BCUT2D eigenvalue weighted by atomic mass is 9.81. The molecule has 2 aromatic heterocycles. The number of rotatable bonds is 3. The Bertz CT molecular complexity index is 997. The third kappa shape index (κ3) is 2.63. The maximum atomic E-state index is 14.9. The lowest BCUT2D eigenvalue weighted by molar-refractivity contribution is -0.147. The minimum atomic E-state index is -2.94. The molecule has 0 bridgehead atoms. The van der Waals surface area contributed by atoms with E-state index in [-0.39, 0.29) is 18.4 Å². The number of pyridine rings is 1. The lowest BCUT2D eigenvalue weighted by Crippen LogP contribution is -2.42. The van der Waals surface area contributed by atoms with Gasteiger partial charge in [-0.1, -0.05) is 18.2 Å². The third-order valence-electron chi connectivity index (χ3n) is 5.87. The van der Waals surface area contributed by atoms with Gasteiger partial charge in [0.1, 0.15) is 24.0 Å². The molecule has 1 saturated heterocycles. The van der Waals surface area contributed by atoms with Crippen molar-refractivity contribution < 1.29 is 18.3 Å². The second-order valence-electron chi connectivity index (χ2n) is 7.49. The zero-order valence-electron chi connectivity index (χ0n) is 15.1. The van der Waals surface area contributed by atoms with Crippen LogP contribution >= 0.6 is 0 Å². The van der Waals surface area contributed by atoms with Crippen LogP contribution < -0.4 is 0 Å². The highest BCUT2D eigenvalue weighted by atomic mass is 19.3. The van der Waals surface area contributed by atoms with Gasteiger partial charge in [-0.05, 0) is 25.3 Å². The number of ether oxygens (including phenoxy) is 2. The molecule has 7 heteroatoms. The Morgan fingerprint density at radius 3 is 2.81 bits per heavy atom. The van der Waals surface area contributed by atoms with Gasteiger partial charge >= 0.3 is 0 Å². The van der Waals surface area contributed by atoms with Gasteiger partial charge in [-0.15, -0.1) is 0 Å². The summed E-state index contributed by atoms with van der Waals surface area (Å²) in [5.74, 6) is -2.09. The molecule has 3 aromatic rings. The predicted octanol–water partition coefficient (Wildman–Crippen LogP) is 4.07. The maximum Gasteiger partial charge on any atom is 0.291 e. The smallest absolute Gasteiger partial charge is 0.291 e. The molecule has 3 heterocycles. The molecule has 142 valence electrons. The molecule has 5 nitrogen and oxygen atoms in total. The average Bonchev–Trinajstić information content (AvgIpc) is 3.00. The van der Waals surface area contributed by atoms with Crippen molar-refractivity contribution in [3.63, 3.8) is 0 Å². The first-order chi connectivity index (χ1) is 13.1. The summed E-state index contributed by atoms with van der Waals surface area (Å²) in [5, 5.41) is 0.860. The molecule has 0 radical (unpaired) electrons. The molecule has 2 aliphatic rings. The molecule has 2 fully saturated rings. The van der Waals surface area contributed by atoms with Gasteiger partial charge in [0.2, 0.25) is 0 Å². The summed E-state index contributed by atoms with van der Waals surface area (Å²) < 4.78 is 42.0. The Balaban J connectivity index is 1.75. The maximum absolute atomic E-state index is 14.9. The second-order valence-corrected chi connectivity index (χ2v) is 7.49. The van der Waals surface area contributed by atoms with E-state index in [1.807, 2.05) is 24.3 Å². The first kappa shape index (κ1) is 17.0. The topological polar surface area (TPSA) is 49.2 Å². The number of hydrogen-bond donors (Lipinski definition) is 0. The van der Waals surface area contributed by atoms with Crippen molar-refractivity contribution in [2.45, 2.75) is 43.2 Å². The molecule has 1 aliphatic heterocycles. The second kappa shape index (κ2) is 6.21. The molecule has 0 amide bonds. The molecule has 5 rings (SSSR count). The van der Waals surface area contributed by atoms with Crippen LogP contribution in [0.4, 0.5) is 8.78 Å². The number of imidazole rings is 1. The van der Waals surface area contributed by atoms with E-state index in [9.17, 15) is 8.78 Å². The molecule has 1 aromatic carbocycles. The Morgan fingerprint density at radius 1 is 1.22 bits per heavy atom. The van der Waals surface area contributed by atoms with Crippen molar-refractivity contribution in [2.24, 2.45) is 0 Å². The van der Waals surface area contributed by atoms with E-state index in [1.54, 1.807) is 17.9 Å². The molecule has 0 spiro atoms. The zero-order valence-corrected chi connectivity index (χ0v) is 15.1. The van der Waals surface area contributed by atoms with Crippen LogP contribution in [-0.2, 0) is 9.47 Å². The number of aromatic nitrogens is 3. The van der Waals surface area contributed by atoms with Gasteiger partial charge in [-0.25, -0.2) is 13.8 Å². The van der Waals surface area contributed by atoms with Gasteiger partial charge in [0, 0.05) is 25.0 Å². The van der Waals surface area contributed by atoms with Crippen molar-refractivity contribution in [3.8, 4) is 0 Å². The Morgan fingerprint density at radius 2 is 2.04 bits per heavy atom. The first-order valence-corrected chi connectivity index (χ1v) is 9.32. The number of hydrogen-bond acceptors (Lipinski definition) is 4. The molecule has 1 saturated carbocycles. The summed E-state index contributed by atoms with van der Waals surface area (Å²) in [6.07, 6.45) is 3.75. The number of benzene rings is 1. The number of nitrogens with zero attached hydrogens (tertiary/aromatic N) is 3. The SMILES string of the molecule is CO[C@H]1C[C@H](c2nc3cnc4ccccc4c3n2C2CCOCC2(F)F)C1. The molecule has 1 atom stereocenters. The van der Waals surface area contributed by atoms with Gasteiger partial charge in [-0.2, -0.15) is 0 Å². The number of alkyl halides is 2. The van der Waals surface area contributed by atoms with E-state index < -0.39 is 18.6 Å². The molecule has 1 unspecified atom stereocenters. The van der Waals surface area contributed by atoms with E-state index in [0.717, 1.165) is 35.1 Å². The highest BCUT2D eigenvalue weighted by molar-refractivity contribution is 6.02. The van der Waals surface area contributed by atoms with Gasteiger partial charge in [-0.3, -0.25) is 4.98 Å². The van der Waals surface area contributed by atoms with Gasteiger partial charge in [0.05, 0.1) is 23.3 Å².